The fourth-order valence-corrected chi connectivity index (χ4v) is 2.51. The van der Waals surface area contributed by atoms with E-state index in [1.165, 1.54) is 4.68 Å². The molecule has 1 aliphatic rings. The maximum atomic E-state index is 12.1. The first kappa shape index (κ1) is 13.3. The Morgan fingerprint density at radius 2 is 2.24 bits per heavy atom. The van der Waals surface area contributed by atoms with Crippen LogP contribution >= 0.6 is 0 Å². The standard InChI is InChI=1S/C14H15N5O2/c15-7-8-2-1-3-9(6-8)19-12-10(4-5-17-14(12)21)11(18-19)13(16)20/h1-3,6H,4-5,7,15H2,(H2,16,20)(H,17,21). The van der Waals surface area contributed by atoms with Gasteiger partial charge in [-0.05, 0) is 24.1 Å². The highest BCUT2D eigenvalue weighted by molar-refractivity contribution is 6.01. The van der Waals surface area contributed by atoms with E-state index in [4.69, 9.17) is 11.5 Å². The predicted molar refractivity (Wildman–Crippen MR) is 76.0 cm³/mol. The number of hydrogen-bond acceptors (Lipinski definition) is 4. The molecule has 2 amide bonds. The van der Waals surface area contributed by atoms with Crippen LogP contribution in [0.5, 0.6) is 0 Å². The Hall–Kier alpha value is -2.67. The highest BCUT2D eigenvalue weighted by Gasteiger charge is 2.29. The molecule has 0 spiro atoms. The van der Waals surface area contributed by atoms with Crippen molar-refractivity contribution in [3.8, 4) is 5.69 Å². The summed E-state index contributed by atoms with van der Waals surface area (Å²) in [5, 5.41) is 6.98. The summed E-state index contributed by atoms with van der Waals surface area (Å²) in [5.41, 5.74) is 13.7. The molecule has 2 aromatic rings. The van der Waals surface area contributed by atoms with Crippen LogP contribution in [-0.4, -0.2) is 28.1 Å². The molecular weight excluding hydrogens is 270 g/mol. The van der Waals surface area contributed by atoms with Crippen LogP contribution in [0.4, 0.5) is 0 Å². The topological polar surface area (TPSA) is 116 Å². The van der Waals surface area contributed by atoms with Gasteiger partial charge in [-0.1, -0.05) is 12.1 Å². The minimum absolute atomic E-state index is 0.151. The van der Waals surface area contributed by atoms with E-state index >= 15 is 0 Å². The summed E-state index contributed by atoms with van der Waals surface area (Å²) < 4.78 is 1.46. The van der Waals surface area contributed by atoms with Gasteiger partial charge in [0.05, 0.1) is 5.69 Å². The Kier molecular flexibility index (Phi) is 3.19. The molecule has 0 atom stereocenters. The van der Waals surface area contributed by atoms with E-state index in [-0.39, 0.29) is 11.6 Å². The zero-order valence-electron chi connectivity index (χ0n) is 11.3. The van der Waals surface area contributed by atoms with Crippen molar-refractivity contribution in [1.29, 1.82) is 0 Å². The summed E-state index contributed by atoms with van der Waals surface area (Å²) in [4.78, 5) is 23.7. The van der Waals surface area contributed by atoms with E-state index in [1.54, 1.807) is 6.07 Å². The third-order valence-electron chi connectivity index (χ3n) is 3.48. The molecule has 0 aliphatic carbocycles. The first-order valence-electron chi connectivity index (χ1n) is 6.61. The number of hydrogen-bond donors (Lipinski definition) is 3. The van der Waals surface area contributed by atoms with Crippen molar-refractivity contribution in [2.45, 2.75) is 13.0 Å². The van der Waals surface area contributed by atoms with E-state index in [0.717, 1.165) is 5.56 Å². The van der Waals surface area contributed by atoms with Crippen molar-refractivity contribution in [2.75, 3.05) is 6.54 Å². The summed E-state index contributed by atoms with van der Waals surface area (Å²) in [7, 11) is 0. The molecule has 0 unspecified atom stereocenters. The van der Waals surface area contributed by atoms with Gasteiger partial charge in [-0.25, -0.2) is 4.68 Å². The van der Waals surface area contributed by atoms with E-state index in [9.17, 15) is 9.59 Å². The number of nitrogens with one attached hydrogen (secondary N) is 1. The SMILES string of the molecule is NCc1cccc(-n2nc(C(N)=O)c3c2C(=O)NCC3)c1. The fraction of sp³-hybridized carbons (Fsp3) is 0.214. The van der Waals surface area contributed by atoms with E-state index < -0.39 is 5.91 Å². The quantitative estimate of drug-likeness (QED) is 0.718. The van der Waals surface area contributed by atoms with Crippen molar-refractivity contribution in [3.63, 3.8) is 0 Å². The van der Waals surface area contributed by atoms with Gasteiger partial charge >= 0.3 is 0 Å². The minimum Gasteiger partial charge on any atom is -0.364 e. The van der Waals surface area contributed by atoms with Crippen LogP contribution < -0.4 is 16.8 Å². The summed E-state index contributed by atoms with van der Waals surface area (Å²) in [6, 6.07) is 7.35. The van der Waals surface area contributed by atoms with Crippen LogP contribution in [0.2, 0.25) is 0 Å². The molecular formula is C14H15N5O2. The summed E-state index contributed by atoms with van der Waals surface area (Å²) in [6.07, 6.45) is 0.538. The molecule has 0 saturated carbocycles. The zero-order valence-corrected chi connectivity index (χ0v) is 11.3. The molecule has 0 fully saturated rings. The number of primary amides is 1. The van der Waals surface area contributed by atoms with E-state index in [2.05, 4.69) is 10.4 Å². The smallest absolute Gasteiger partial charge is 0.270 e. The molecule has 3 rings (SSSR count). The molecule has 108 valence electrons. The number of nitrogens with two attached hydrogens (primary N) is 2. The van der Waals surface area contributed by atoms with Crippen LogP contribution in [0.15, 0.2) is 24.3 Å². The second-order valence-corrected chi connectivity index (χ2v) is 4.83. The Balaban J connectivity index is 2.22. The third-order valence-corrected chi connectivity index (χ3v) is 3.48. The molecule has 2 heterocycles. The second-order valence-electron chi connectivity index (χ2n) is 4.83. The molecule has 0 radical (unpaired) electrons. The summed E-state index contributed by atoms with van der Waals surface area (Å²) >= 11 is 0. The average Bonchev–Trinajstić information content (AvgIpc) is 2.88. The molecule has 0 saturated heterocycles. The van der Waals surface area contributed by atoms with Gasteiger partial charge in [0.2, 0.25) is 0 Å². The Bertz CT molecular complexity index is 735. The molecule has 1 aliphatic heterocycles. The lowest BCUT2D eigenvalue weighted by atomic mass is 10.0. The number of carbonyl (C=O) groups is 2. The molecule has 0 bridgehead atoms. The van der Waals surface area contributed by atoms with Crippen LogP contribution in [0.1, 0.15) is 32.1 Å². The van der Waals surface area contributed by atoms with Gasteiger partial charge in [0.15, 0.2) is 5.69 Å². The van der Waals surface area contributed by atoms with Gasteiger partial charge in [0, 0.05) is 18.7 Å². The summed E-state index contributed by atoms with van der Waals surface area (Å²) in [5.74, 6) is -0.885. The number of fused-ring (bicyclic) bond motifs is 1. The van der Waals surface area contributed by atoms with Crippen molar-refractivity contribution >= 4 is 11.8 Å². The van der Waals surface area contributed by atoms with Crippen LogP contribution in [0.25, 0.3) is 5.69 Å². The fourth-order valence-electron chi connectivity index (χ4n) is 2.51. The first-order valence-corrected chi connectivity index (χ1v) is 6.61. The van der Waals surface area contributed by atoms with Gasteiger partial charge in [0.1, 0.15) is 5.69 Å². The van der Waals surface area contributed by atoms with Crippen LogP contribution in [0.3, 0.4) is 0 Å². The highest BCUT2D eigenvalue weighted by Crippen LogP contribution is 2.22. The molecule has 5 N–H and O–H groups in total. The molecule has 1 aromatic heterocycles. The van der Waals surface area contributed by atoms with Gasteiger partial charge < -0.3 is 16.8 Å². The Morgan fingerprint density at radius 1 is 1.43 bits per heavy atom. The van der Waals surface area contributed by atoms with Crippen molar-refractivity contribution < 1.29 is 9.59 Å². The predicted octanol–water partition coefficient (Wildman–Crippen LogP) is -0.284. The number of rotatable bonds is 3. The van der Waals surface area contributed by atoms with Gasteiger partial charge in [-0.2, -0.15) is 5.10 Å². The van der Waals surface area contributed by atoms with Crippen molar-refractivity contribution in [2.24, 2.45) is 11.5 Å². The highest BCUT2D eigenvalue weighted by atomic mass is 16.2. The Labute approximate surface area is 120 Å². The monoisotopic (exact) mass is 285 g/mol. The van der Waals surface area contributed by atoms with Gasteiger partial charge in [0.25, 0.3) is 11.8 Å². The molecule has 7 nitrogen and oxygen atoms in total. The summed E-state index contributed by atoms with van der Waals surface area (Å²) in [6.45, 7) is 0.854. The number of benzene rings is 1. The van der Waals surface area contributed by atoms with E-state index in [0.29, 0.717) is 36.5 Å². The molecule has 21 heavy (non-hydrogen) atoms. The number of nitrogens with zero attached hydrogens (tertiary/aromatic N) is 2. The lowest BCUT2D eigenvalue weighted by molar-refractivity contribution is 0.0938. The maximum absolute atomic E-state index is 12.1. The first-order chi connectivity index (χ1) is 10.1. The zero-order chi connectivity index (χ0) is 15.0. The average molecular weight is 285 g/mol. The number of carbonyl (C=O) groups excluding carboxylic acids is 2. The maximum Gasteiger partial charge on any atom is 0.270 e. The largest absolute Gasteiger partial charge is 0.364 e. The molecule has 1 aromatic carbocycles. The van der Waals surface area contributed by atoms with Crippen LogP contribution in [0, 0.1) is 0 Å². The minimum atomic E-state index is -0.630. The number of aromatic nitrogens is 2. The van der Waals surface area contributed by atoms with Gasteiger partial charge in [-0.15, -0.1) is 0 Å². The van der Waals surface area contributed by atoms with E-state index in [1.807, 2.05) is 18.2 Å². The molecule has 7 heteroatoms. The normalized spacial score (nSPS) is 13.7. The Morgan fingerprint density at radius 3 is 2.95 bits per heavy atom. The van der Waals surface area contributed by atoms with Crippen LogP contribution in [-0.2, 0) is 13.0 Å². The lowest BCUT2D eigenvalue weighted by Gasteiger charge is -2.15. The van der Waals surface area contributed by atoms with Gasteiger partial charge in [-0.3, -0.25) is 9.59 Å². The lowest BCUT2D eigenvalue weighted by Crippen LogP contribution is -2.33. The number of amides is 2. The van der Waals surface area contributed by atoms with Crippen molar-refractivity contribution in [1.82, 2.24) is 15.1 Å². The second kappa shape index (κ2) is 5.02. The third kappa shape index (κ3) is 2.17. The van der Waals surface area contributed by atoms with Crippen molar-refractivity contribution in [3.05, 3.63) is 46.8 Å².